The Morgan fingerprint density at radius 1 is 1.47 bits per heavy atom. The molecule has 112 valence electrons. The van der Waals surface area contributed by atoms with Gasteiger partial charge in [-0.25, -0.2) is 0 Å². The highest BCUT2D eigenvalue weighted by Crippen LogP contribution is 2.22. The predicted octanol–water partition coefficient (Wildman–Crippen LogP) is 1.74. The molecule has 1 aliphatic heterocycles. The number of amides is 1. The van der Waals surface area contributed by atoms with Crippen molar-refractivity contribution in [3.63, 3.8) is 0 Å². The van der Waals surface area contributed by atoms with Gasteiger partial charge in [0.05, 0.1) is 5.54 Å². The first-order valence-corrected chi connectivity index (χ1v) is 7.56. The molecule has 4 heteroatoms. The summed E-state index contributed by atoms with van der Waals surface area (Å²) in [5, 5.41) is 3.34. The maximum absolute atomic E-state index is 11.8. The number of nitrogens with two attached hydrogens (primary N) is 1. The molecule has 3 N–H and O–H groups in total. The van der Waals surface area contributed by atoms with Crippen molar-refractivity contribution in [2.75, 3.05) is 13.1 Å². The molecular formula is C15H31N3O. The molecule has 1 saturated heterocycles. The van der Waals surface area contributed by atoms with Gasteiger partial charge in [0.15, 0.2) is 0 Å². The van der Waals surface area contributed by atoms with Crippen LogP contribution in [0, 0.1) is 5.92 Å². The number of piperidine rings is 1. The van der Waals surface area contributed by atoms with Crippen molar-refractivity contribution in [2.24, 2.45) is 11.7 Å². The monoisotopic (exact) mass is 269 g/mol. The third kappa shape index (κ3) is 4.77. The Kier molecular flexibility index (Phi) is 5.81. The van der Waals surface area contributed by atoms with Crippen LogP contribution in [0.1, 0.15) is 53.9 Å². The van der Waals surface area contributed by atoms with E-state index in [1.54, 1.807) is 0 Å². The van der Waals surface area contributed by atoms with Gasteiger partial charge in [0.2, 0.25) is 5.91 Å². The number of nitrogens with one attached hydrogen (secondary N) is 1. The van der Waals surface area contributed by atoms with Crippen molar-refractivity contribution in [2.45, 2.75) is 71.5 Å². The average molecular weight is 269 g/mol. The molecule has 0 saturated carbocycles. The smallest absolute Gasteiger partial charge is 0.237 e. The van der Waals surface area contributed by atoms with Gasteiger partial charge in [-0.2, -0.15) is 0 Å². The molecule has 1 amide bonds. The summed E-state index contributed by atoms with van der Waals surface area (Å²) in [6.45, 7) is 12.8. The molecule has 0 aliphatic carbocycles. The molecule has 3 unspecified atom stereocenters. The summed E-state index contributed by atoms with van der Waals surface area (Å²) in [7, 11) is 0. The summed E-state index contributed by atoms with van der Waals surface area (Å²) in [5.41, 5.74) is 4.99. The van der Waals surface area contributed by atoms with Crippen LogP contribution in [0.15, 0.2) is 0 Å². The molecule has 0 aromatic rings. The van der Waals surface area contributed by atoms with Crippen molar-refractivity contribution >= 4 is 5.91 Å². The van der Waals surface area contributed by atoms with Gasteiger partial charge in [-0.05, 0) is 59.4 Å². The number of hydrogen-bond acceptors (Lipinski definition) is 3. The van der Waals surface area contributed by atoms with E-state index in [9.17, 15) is 4.79 Å². The molecule has 4 nitrogen and oxygen atoms in total. The van der Waals surface area contributed by atoms with Crippen molar-refractivity contribution in [3.8, 4) is 0 Å². The number of carbonyl (C=O) groups excluding carboxylic acids is 1. The number of hydrogen-bond donors (Lipinski definition) is 2. The zero-order chi connectivity index (χ0) is 14.6. The van der Waals surface area contributed by atoms with Crippen molar-refractivity contribution in [1.82, 2.24) is 10.2 Å². The number of primary amides is 1. The van der Waals surface area contributed by atoms with Crippen LogP contribution in [0.2, 0.25) is 0 Å². The highest BCUT2D eigenvalue weighted by Gasteiger charge is 2.35. The molecular weight excluding hydrogens is 238 g/mol. The maximum atomic E-state index is 11.8. The van der Waals surface area contributed by atoms with E-state index in [0.717, 1.165) is 25.4 Å². The third-order valence-corrected chi connectivity index (χ3v) is 4.17. The summed E-state index contributed by atoms with van der Waals surface area (Å²) in [6.07, 6.45) is 3.35. The Morgan fingerprint density at radius 2 is 2.11 bits per heavy atom. The molecule has 0 spiro atoms. The lowest BCUT2D eigenvalue weighted by Gasteiger charge is -2.40. The molecule has 0 bridgehead atoms. The Bertz CT molecular complexity index is 306. The van der Waals surface area contributed by atoms with Gasteiger partial charge in [-0.15, -0.1) is 0 Å². The highest BCUT2D eigenvalue weighted by molar-refractivity contribution is 5.84. The van der Waals surface area contributed by atoms with Gasteiger partial charge in [-0.1, -0.05) is 6.92 Å². The van der Waals surface area contributed by atoms with Crippen LogP contribution in [-0.4, -0.2) is 41.5 Å². The van der Waals surface area contributed by atoms with Gasteiger partial charge in [-0.3, -0.25) is 4.79 Å². The standard InChI is InChI=1S/C15H31N3O/c1-11(2)17-15(5,14(16)19)9-13(4)18-8-6-7-12(3)10-18/h11-13,17H,6-10H2,1-5H3,(H2,16,19). The van der Waals surface area contributed by atoms with Crippen molar-refractivity contribution in [1.29, 1.82) is 0 Å². The first-order valence-electron chi connectivity index (χ1n) is 7.56. The van der Waals surface area contributed by atoms with Gasteiger partial charge < -0.3 is 16.0 Å². The first kappa shape index (κ1) is 16.4. The minimum atomic E-state index is -0.617. The molecule has 0 aromatic heterocycles. The van der Waals surface area contributed by atoms with Gasteiger partial charge in [0.25, 0.3) is 0 Å². The Hall–Kier alpha value is -0.610. The lowest BCUT2D eigenvalue weighted by molar-refractivity contribution is -0.125. The first-order chi connectivity index (χ1) is 8.74. The van der Waals surface area contributed by atoms with E-state index in [2.05, 4.69) is 37.9 Å². The lowest BCUT2D eigenvalue weighted by atomic mass is 9.89. The zero-order valence-corrected chi connectivity index (χ0v) is 13.2. The van der Waals surface area contributed by atoms with E-state index in [-0.39, 0.29) is 11.9 Å². The molecule has 1 heterocycles. The molecule has 3 atom stereocenters. The largest absolute Gasteiger partial charge is 0.368 e. The summed E-state index contributed by atoms with van der Waals surface area (Å²) in [4.78, 5) is 14.3. The van der Waals surface area contributed by atoms with E-state index in [1.165, 1.54) is 12.8 Å². The molecule has 19 heavy (non-hydrogen) atoms. The second-order valence-corrected chi connectivity index (χ2v) is 6.79. The maximum Gasteiger partial charge on any atom is 0.237 e. The summed E-state index contributed by atoms with van der Waals surface area (Å²) >= 11 is 0. The summed E-state index contributed by atoms with van der Waals surface area (Å²) < 4.78 is 0. The second kappa shape index (κ2) is 6.71. The normalized spacial score (nSPS) is 26.1. The van der Waals surface area contributed by atoms with E-state index in [0.29, 0.717) is 6.04 Å². The van der Waals surface area contributed by atoms with Gasteiger partial charge >= 0.3 is 0 Å². The lowest BCUT2D eigenvalue weighted by Crippen LogP contribution is -2.58. The Morgan fingerprint density at radius 3 is 2.58 bits per heavy atom. The predicted molar refractivity (Wildman–Crippen MR) is 79.9 cm³/mol. The second-order valence-electron chi connectivity index (χ2n) is 6.79. The molecule has 1 fully saturated rings. The van der Waals surface area contributed by atoms with E-state index < -0.39 is 5.54 Å². The van der Waals surface area contributed by atoms with Crippen molar-refractivity contribution < 1.29 is 4.79 Å². The van der Waals surface area contributed by atoms with Crippen LogP contribution in [0.25, 0.3) is 0 Å². The van der Waals surface area contributed by atoms with Gasteiger partial charge in [0, 0.05) is 18.6 Å². The summed E-state index contributed by atoms with van der Waals surface area (Å²) in [6, 6.07) is 0.636. The summed E-state index contributed by atoms with van der Waals surface area (Å²) in [5.74, 6) is 0.507. The van der Waals surface area contributed by atoms with Crippen LogP contribution >= 0.6 is 0 Å². The third-order valence-electron chi connectivity index (χ3n) is 4.17. The molecule has 1 rings (SSSR count). The topological polar surface area (TPSA) is 58.4 Å². The van der Waals surface area contributed by atoms with Crippen molar-refractivity contribution in [3.05, 3.63) is 0 Å². The van der Waals surface area contributed by atoms with Crippen LogP contribution < -0.4 is 11.1 Å². The van der Waals surface area contributed by atoms with Crippen LogP contribution in [0.5, 0.6) is 0 Å². The Labute approximate surface area is 118 Å². The highest BCUT2D eigenvalue weighted by atomic mass is 16.1. The fraction of sp³-hybridized carbons (Fsp3) is 0.933. The quantitative estimate of drug-likeness (QED) is 0.772. The van der Waals surface area contributed by atoms with Crippen LogP contribution in [-0.2, 0) is 4.79 Å². The minimum Gasteiger partial charge on any atom is -0.368 e. The molecule has 1 aliphatic rings. The van der Waals surface area contributed by atoms with E-state index in [1.807, 2.05) is 6.92 Å². The van der Waals surface area contributed by atoms with E-state index in [4.69, 9.17) is 5.73 Å². The van der Waals surface area contributed by atoms with Crippen LogP contribution in [0.3, 0.4) is 0 Å². The fourth-order valence-corrected chi connectivity index (χ4v) is 3.21. The van der Waals surface area contributed by atoms with Gasteiger partial charge in [0.1, 0.15) is 0 Å². The van der Waals surface area contributed by atoms with Crippen LogP contribution in [0.4, 0.5) is 0 Å². The number of likely N-dealkylation sites (tertiary alicyclic amines) is 1. The number of nitrogens with zero attached hydrogens (tertiary/aromatic N) is 1. The Balaban J connectivity index is 2.65. The molecule has 0 radical (unpaired) electrons. The zero-order valence-electron chi connectivity index (χ0n) is 13.2. The SMILES string of the molecule is CC1CCCN(C(C)CC(C)(NC(C)C)C(N)=O)C1. The fourth-order valence-electron chi connectivity index (χ4n) is 3.21. The van der Waals surface area contributed by atoms with E-state index >= 15 is 0 Å². The minimum absolute atomic E-state index is 0.252. The number of rotatable bonds is 6. The number of carbonyl (C=O) groups is 1. The average Bonchev–Trinajstić information content (AvgIpc) is 2.27. The molecule has 0 aromatic carbocycles.